The van der Waals surface area contributed by atoms with Gasteiger partial charge in [-0.05, 0) is 41.5 Å². The number of carbonyl (C=O) groups excluding carboxylic acids is 2. The van der Waals surface area contributed by atoms with E-state index in [4.69, 9.17) is 9.47 Å². The van der Waals surface area contributed by atoms with Crippen LogP contribution in [-0.2, 0) is 24.1 Å². The van der Waals surface area contributed by atoms with Crippen molar-refractivity contribution < 1.29 is 28.9 Å². The van der Waals surface area contributed by atoms with Gasteiger partial charge in [-0.15, -0.1) is 0 Å². The molecule has 0 aliphatic carbocycles. The third-order valence-electron chi connectivity index (χ3n) is 2.07. The van der Waals surface area contributed by atoms with Crippen LogP contribution in [0.25, 0.3) is 0 Å². The highest BCUT2D eigenvalue weighted by molar-refractivity contribution is 7.93. The number of alkyl carbamates (subject to hydrolysis) is 1. The molecule has 1 N–H and O–H groups in total. The van der Waals surface area contributed by atoms with Gasteiger partial charge in [-0.1, -0.05) is 6.08 Å². The lowest BCUT2D eigenvalue weighted by Gasteiger charge is -2.23. The summed E-state index contributed by atoms with van der Waals surface area (Å²) in [5.41, 5.74) is -1.38. The number of rotatable bonds is 5. The molecule has 0 aromatic rings. The molecule has 1 amide bonds. The summed E-state index contributed by atoms with van der Waals surface area (Å²) < 4.78 is 32.7. The summed E-state index contributed by atoms with van der Waals surface area (Å²) >= 11 is 0. The Balaban J connectivity index is 0. The lowest BCUT2D eigenvalue weighted by atomic mass is 10.1. The van der Waals surface area contributed by atoms with Gasteiger partial charge in [0.15, 0.2) is 9.84 Å². The highest BCUT2D eigenvalue weighted by Crippen LogP contribution is 2.11. The summed E-state index contributed by atoms with van der Waals surface area (Å²) in [6.45, 7) is 10.2. The van der Waals surface area contributed by atoms with E-state index in [0.717, 1.165) is 11.7 Å². The van der Waals surface area contributed by atoms with Crippen molar-refractivity contribution in [2.75, 3.05) is 6.26 Å². The van der Waals surface area contributed by atoms with Gasteiger partial charge < -0.3 is 14.8 Å². The van der Waals surface area contributed by atoms with Gasteiger partial charge >= 0.3 is 12.1 Å². The molecule has 0 heterocycles. The van der Waals surface area contributed by atoms with Crippen molar-refractivity contribution >= 4 is 21.9 Å². The Morgan fingerprint density at radius 2 is 1.57 bits per heavy atom. The van der Waals surface area contributed by atoms with Crippen molar-refractivity contribution in [1.29, 1.82) is 0 Å². The van der Waals surface area contributed by atoms with Gasteiger partial charge in [-0.2, -0.15) is 0 Å². The number of nitrogens with one attached hydrogen (secondary N) is 1. The molecule has 0 aliphatic heterocycles. The predicted molar refractivity (Wildman–Crippen MR) is 89.7 cm³/mol. The first-order valence-corrected chi connectivity index (χ1v) is 9.12. The second-order valence-electron chi connectivity index (χ2n) is 7.20. The van der Waals surface area contributed by atoms with E-state index in [-0.39, 0.29) is 7.85 Å². The van der Waals surface area contributed by atoms with E-state index in [1.165, 1.54) is 6.08 Å². The number of amides is 1. The van der Waals surface area contributed by atoms with Crippen LogP contribution in [0.4, 0.5) is 4.79 Å². The molecular weight excluding hydrogens is 322 g/mol. The maximum Gasteiger partial charge on any atom is 0.408 e. The van der Waals surface area contributed by atoms with E-state index >= 15 is 0 Å². The van der Waals surface area contributed by atoms with Crippen LogP contribution < -0.4 is 5.32 Å². The summed E-state index contributed by atoms with van der Waals surface area (Å²) in [5.74, 6) is -0.559. The lowest BCUT2D eigenvalue weighted by Crippen LogP contribution is -2.40. The average molecular weight is 351 g/mol. The van der Waals surface area contributed by atoms with Crippen molar-refractivity contribution in [2.24, 2.45) is 0 Å². The van der Waals surface area contributed by atoms with E-state index in [9.17, 15) is 18.0 Å². The van der Waals surface area contributed by atoms with Crippen LogP contribution in [0.1, 0.15) is 49.4 Å². The second kappa shape index (κ2) is 7.81. The molecule has 0 spiro atoms. The minimum atomic E-state index is -3.39. The Kier molecular flexibility index (Phi) is 7.27. The average Bonchev–Trinajstić information content (AvgIpc) is 2.18. The molecule has 0 radical (unpaired) electrons. The molecule has 136 valence electrons. The van der Waals surface area contributed by atoms with Crippen LogP contribution in [0.2, 0.25) is 0 Å². The van der Waals surface area contributed by atoms with Gasteiger partial charge in [0.25, 0.3) is 0 Å². The molecule has 0 rings (SSSR count). The van der Waals surface area contributed by atoms with Crippen LogP contribution >= 0.6 is 0 Å². The molecule has 0 aliphatic rings. The predicted octanol–water partition coefficient (Wildman–Crippen LogP) is 2.42. The van der Waals surface area contributed by atoms with Crippen LogP contribution in [0.5, 0.6) is 0 Å². The number of hydrogen-bond donors (Lipinski definition) is 1. The van der Waals surface area contributed by atoms with Gasteiger partial charge in [0.1, 0.15) is 11.2 Å². The zero-order chi connectivity index (χ0) is 18.5. The Hall–Kier alpha value is -1.57. The Morgan fingerprint density at radius 3 is 1.96 bits per heavy atom. The fraction of sp³-hybridized carbons (Fsp3) is 0.733. The van der Waals surface area contributed by atoms with Crippen LogP contribution in [0.15, 0.2) is 11.5 Å². The van der Waals surface area contributed by atoms with E-state index in [0.29, 0.717) is 0 Å². The maximum atomic E-state index is 11.9. The van der Waals surface area contributed by atoms with E-state index in [1.807, 2.05) is 0 Å². The fourth-order valence-electron chi connectivity index (χ4n) is 1.43. The van der Waals surface area contributed by atoms with E-state index < -0.39 is 39.1 Å². The molecule has 0 saturated heterocycles. The minimum Gasteiger partial charge on any atom is -0.460 e. The molecule has 0 fully saturated rings. The topological polar surface area (TPSA) is 98.8 Å². The smallest absolute Gasteiger partial charge is 0.408 e. The number of carbonyl (C=O) groups is 2. The summed E-state index contributed by atoms with van der Waals surface area (Å²) in [6.07, 6.45) is 1.29. The third-order valence-corrected chi connectivity index (χ3v) is 2.72. The quantitative estimate of drug-likeness (QED) is 0.764. The molecule has 7 nitrogen and oxygen atoms in total. The third kappa shape index (κ3) is 13.8. The molecule has 8 heteroatoms. The maximum absolute atomic E-state index is 11.9. The molecule has 1 atom stereocenters. The lowest BCUT2D eigenvalue weighted by molar-refractivity contribution is -0.155. The van der Waals surface area contributed by atoms with Crippen LogP contribution in [-0.4, -0.2) is 44.0 Å². The number of esters is 1. The van der Waals surface area contributed by atoms with Crippen molar-refractivity contribution in [3.8, 4) is 0 Å². The van der Waals surface area contributed by atoms with Gasteiger partial charge in [0, 0.05) is 13.1 Å². The Labute approximate surface area is 139 Å². The van der Waals surface area contributed by atoms with Crippen molar-refractivity contribution in [3.05, 3.63) is 11.5 Å². The SMILES string of the molecule is CC(C)(C)OC(=O)C[C@@H](/C=C/S(C)(=O)=O)NC(=O)OC(C)(C)C.[HH]. The monoisotopic (exact) mass is 351 g/mol. The highest BCUT2D eigenvalue weighted by atomic mass is 32.2. The largest absolute Gasteiger partial charge is 0.460 e. The summed E-state index contributed by atoms with van der Waals surface area (Å²) in [7, 11) is -3.39. The highest BCUT2D eigenvalue weighted by Gasteiger charge is 2.23. The van der Waals surface area contributed by atoms with Gasteiger partial charge in [0.05, 0.1) is 12.5 Å². The molecule has 0 aromatic heterocycles. The Bertz CT molecular complexity index is 527. The standard InChI is InChI=1S/C15H27NO6S.H2/c1-14(2,3)21-12(17)10-11(8-9-23(7,19)20)16-13(18)22-15(4,5)6;/h8-9,11H,10H2,1-7H3,(H,16,18);1H/b9-8+;/t11-;/m1./s1. The normalized spacial score (nSPS) is 14.4. The Morgan fingerprint density at radius 1 is 1.09 bits per heavy atom. The van der Waals surface area contributed by atoms with Crippen LogP contribution in [0.3, 0.4) is 0 Å². The van der Waals surface area contributed by atoms with E-state index in [2.05, 4.69) is 5.32 Å². The van der Waals surface area contributed by atoms with Crippen LogP contribution in [0, 0.1) is 0 Å². The zero-order valence-corrected chi connectivity index (χ0v) is 15.6. The van der Waals surface area contributed by atoms with E-state index in [1.54, 1.807) is 41.5 Å². The van der Waals surface area contributed by atoms with Crippen molar-refractivity contribution in [2.45, 2.75) is 65.2 Å². The number of sulfone groups is 1. The fourth-order valence-corrected chi connectivity index (χ4v) is 1.90. The summed E-state index contributed by atoms with van der Waals surface area (Å²) in [5, 5.41) is 3.38. The van der Waals surface area contributed by atoms with Gasteiger partial charge in [-0.3, -0.25) is 4.79 Å². The molecule has 0 saturated carbocycles. The zero-order valence-electron chi connectivity index (χ0n) is 14.8. The molecule has 0 bridgehead atoms. The van der Waals surface area contributed by atoms with Gasteiger partial charge in [0.2, 0.25) is 0 Å². The second-order valence-corrected chi connectivity index (χ2v) is 9.13. The van der Waals surface area contributed by atoms with Crippen molar-refractivity contribution in [1.82, 2.24) is 5.32 Å². The first kappa shape index (κ1) is 21.4. The molecule has 23 heavy (non-hydrogen) atoms. The molecule has 0 unspecified atom stereocenters. The number of hydrogen-bond acceptors (Lipinski definition) is 6. The summed E-state index contributed by atoms with van der Waals surface area (Å²) in [6, 6.07) is -0.852. The van der Waals surface area contributed by atoms with Crippen molar-refractivity contribution in [3.63, 3.8) is 0 Å². The minimum absolute atomic E-state index is 0. The molecular formula is C15H29NO6S. The summed E-state index contributed by atoms with van der Waals surface area (Å²) in [4.78, 5) is 23.7. The van der Waals surface area contributed by atoms with Gasteiger partial charge in [-0.25, -0.2) is 13.2 Å². The molecule has 0 aromatic carbocycles. The first-order chi connectivity index (χ1) is 10.1. The number of ether oxygens (including phenoxy) is 2. The first-order valence-electron chi connectivity index (χ1n) is 7.17.